The molecule has 1 aliphatic carbocycles. The van der Waals surface area contributed by atoms with Gasteiger partial charge in [0.2, 0.25) is 5.91 Å². The van der Waals surface area contributed by atoms with E-state index >= 15 is 0 Å². The third-order valence-electron chi connectivity index (χ3n) is 2.99. The molecule has 0 bridgehead atoms. The second-order valence-corrected chi connectivity index (χ2v) is 4.37. The third kappa shape index (κ3) is 2.61. The van der Waals surface area contributed by atoms with Crippen LogP contribution in [0.3, 0.4) is 0 Å². The Kier molecular flexibility index (Phi) is 3.25. The summed E-state index contributed by atoms with van der Waals surface area (Å²) in [4.78, 5) is 11.4. The van der Waals surface area contributed by atoms with E-state index in [9.17, 15) is 4.79 Å². The Morgan fingerprint density at radius 3 is 2.50 bits per heavy atom. The van der Waals surface area contributed by atoms with E-state index in [1.54, 1.807) is 0 Å². The van der Waals surface area contributed by atoms with Crippen LogP contribution in [-0.4, -0.2) is 11.9 Å². The highest BCUT2D eigenvalue weighted by molar-refractivity contribution is 5.81. The van der Waals surface area contributed by atoms with Crippen molar-refractivity contribution >= 4 is 5.91 Å². The second kappa shape index (κ2) is 4.66. The van der Waals surface area contributed by atoms with Gasteiger partial charge in [-0.15, -0.1) is 0 Å². The molecule has 1 saturated carbocycles. The van der Waals surface area contributed by atoms with Crippen LogP contribution in [0.4, 0.5) is 0 Å². The summed E-state index contributed by atoms with van der Waals surface area (Å²) in [6, 6.07) is 8.23. The number of carbonyl (C=O) groups is 1. The zero-order valence-electron chi connectivity index (χ0n) is 9.57. The number of aryl methyl sites for hydroxylation is 1. The van der Waals surface area contributed by atoms with Gasteiger partial charge in [0.05, 0.1) is 0 Å². The number of primary amides is 1. The van der Waals surface area contributed by atoms with Gasteiger partial charge in [-0.3, -0.25) is 10.1 Å². The molecule has 0 aliphatic heterocycles. The summed E-state index contributed by atoms with van der Waals surface area (Å²) < 4.78 is 0. The van der Waals surface area contributed by atoms with Gasteiger partial charge < -0.3 is 5.73 Å². The quantitative estimate of drug-likeness (QED) is 0.787. The molecule has 3 N–H and O–H groups in total. The molecule has 1 aromatic carbocycles. The lowest BCUT2D eigenvalue weighted by Gasteiger charge is -2.15. The Bertz CT molecular complexity index is 368. The molecule has 1 fully saturated rings. The summed E-state index contributed by atoms with van der Waals surface area (Å²) in [6.45, 7) is 2.11. The van der Waals surface area contributed by atoms with Gasteiger partial charge in [-0.1, -0.05) is 31.2 Å². The lowest BCUT2D eigenvalue weighted by molar-refractivity contribution is -0.120. The molecule has 0 heterocycles. The first-order valence-electron chi connectivity index (χ1n) is 5.85. The summed E-state index contributed by atoms with van der Waals surface area (Å²) in [5.74, 6) is -0.295. The maximum atomic E-state index is 11.4. The van der Waals surface area contributed by atoms with Crippen LogP contribution in [0.1, 0.15) is 36.9 Å². The Labute approximate surface area is 96.0 Å². The highest BCUT2D eigenvalue weighted by atomic mass is 16.1. The first-order chi connectivity index (χ1) is 7.70. The van der Waals surface area contributed by atoms with Crippen LogP contribution >= 0.6 is 0 Å². The van der Waals surface area contributed by atoms with Crippen molar-refractivity contribution in [3.63, 3.8) is 0 Å². The Morgan fingerprint density at radius 1 is 1.44 bits per heavy atom. The summed E-state index contributed by atoms with van der Waals surface area (Å²) in [6.07, 6.45) is 3.31. The smallest absolute Gasteiger partial charge is 0.239 e. The molecule has 86 valence electrons. The average molecular weight is 218 g/mol. The third-order valence-corrected chi connectivity index (χ3v) is 2.99. The molecule has 1 amide bonds. The minimum Gasteiger partial charge on any atom is -0.368 e. The van der Waals surface area contributed by atoms with E-state index in [4.69, 9.17) is 5.73 Å². The van der Waals surface area contributed by atoms with Crippen molar-refractivity contribution in [3.8, 4) is 0 Å². The maximum absolute atomic E-state index is 11.4. The lowest BCUT2D eigenvalue weighted by atomic mass is 10.0. The van der Waals surface area contributed by atoms with E-state index in [2.05, 4.69) is 24.4 Å². The Hall–Kier alpha value is -1.35. The predicted molar refractivity (Wildman–Crippen MR) is 63.9 cm³/mol. The fourth-order valence-corrected chi connectivity index (χ4v) is 1.77. The number of nitrogens with one attached hydrogen (secondary N) is 1. The van der Waals surface area contributed by atoms with Crippen LogP contribution in [0, 0.1) is 0 Å². The molecule has 16 heavy (non-hydrogen) atoms. The van der Waals surface area contributed by atoms with Crippen molar-refractivity contribution in [2.75, 3.05) is 0 Å². The van der Waals surface area contributed by atoms with Crippen molar-refractivity contribution in [2.45, 2.75) is 38.3 Å². The van der Waals surface area contributed by atoms with Crippen LogP contribution in [0.15, 0.2) is 24.3 Å². The first kappa shape index (κ1) is 11.1. The fraction of sp³-hybridized carbons (Fsp3) is 0.462. The SMILES string of the molecule is CCc1ccc(C(NC2CC2)C(N)=O)cc1. The Morgan fingerprint density at radius 2 is 2.06 bits per heavy atom. The van der Waals surface area contributed by atoms with Gasteiger partial charge in [0.1, 0.15) is 6.04 Å². The largest absolute Gasteiger partial charge is 0.368 e. The van der Waals surface area contributed by atoms with Crippen LogP contribution in [0.2, 0.25) is 0 Å². The van der Waals surface area contributed by atoms with Gasteiger partial charge in [0, 0.05) is 6.04 Å². The molecule has 0 aromatic heterocycles. The summed E-state index contributed by atoms with van der Waals surface area (Å²) in [7, 11) is 0. The number of benzene rings is 1. The fourth-order valence-electron chi connectivity index (χ4n) is 1.77. The van der Waals surface area contributed by atoms with Crippen molar-refractivity contribution in [1.82, 2.24) is 5.32 Å². The zero-order valence-corrected chi connectivity index (χ0v) is 9.57. The minimum atomic E-state index is -0.335. The lowest BCUT2D eigenvalue weighted by Crippen LogP contribution is -2.34. The Balaban J connectivity index is 2.13. The zero-order chi connectivity index (χ0) is 11.5. The highest BCUT2D eigenvalue weighted by Gasteiger charge is 2.27. The number of rotatable bonds is 5. The molecule has 3 nitrogen and oxygen atoms in total. The molecule has 0 saturated heterocycles. The molecule has 1 unspecified atom stereocenters. The van der Waals surface area contributed by atoms with E-state index < -0.39 is 0 Å². The molecule has 3 heteroatoms. The van der Waals surface area contributed by atoms with E-state index in [1.165, 1.54) is 5.56 Å². The molecule has 1 atom stereocenters. The van der Waals surface area contributed by atoms with E-state index in [-0.39, 0.29) is 11.9 Å². The van der Waals surface area contributed by atoms with Crippen molar-refractivity contribution in [2.24, 2.45) is 5.73 Å². The number of hydrogen-bond acceptors (Lipinski definition) is 2. The monoisotopic (exact) mass is 218 g/mol. The number of carbonyl (C=O) groups excluding carboxylic acids is 1. The molecular weight excluding hydrogens is 200 g/mol. The molecule has 0 spiro atoms. The summed E-state index contributed by atoms with van der Waals surface area (Å²) in [5.41, 5.74) is 7.66. The number of hydrogen-bond donors (Lipinski definition) is 2. The average Bonchev–Trinajstić information content (AvgIpc) is 3.09. The van der Waals surface area contributed by atoms with Gasteiger partial charge in [-0.25, -0.2) is 0 Å². The topological polar surface area (TPSA) is 55.1 Å². The molecule has 1 aromatic rings. The van der Waals surface area contributed by atoms with Crippen molar-refractivity contribution in [3.05, 3.63) is 35.4 Å². The van der Waals surface area contributed by atoms with Gasteiger partial charge in [-0.2, -0.15) is 0 Å². The van der Waals surface area contributed by atoms with Gasteiger partial charge >= 0.3 is 0 Å². The predicted octanol–water partition coefficient (Wildman–Crippen LogP) is 1.53. The van der Waals surface area contributed by atoms with Gasteiger partial charge in [0.25, 0.3) is 0 Å². The molecule has 0 radical (unpaired) electrons. The van der Waals surface area contributed by atoms with E-state index in [0.29, 0.717) is 6.04 Å². The van der Waals surface area contributed by atoms with Crippen LogP contribution in [0.5, 0.6) is 0 Å². The second-order valence-electron chi connectivity index (χ2n) is 4.37. The molecule has 2 rings (SSSR count). The highest BCUT2D eigenvalue weighted by Crippen LogP contribution is 2.24. The standard InChI is InChI=1S/C13H18N2O/c1-2-9-3-5-10(6-4-9)12(13(14)16)15-11-7-8-11/h3-6,11-12,15H,2,7-8H2,1H3,(H2,14,16). The van der Waals surface area contributed by atoms with Gasteiger partial charge in [0.15, 0.2) is 0 Å². The minimum absolute atomic E-state index is 0.295. The maximum Gasteiger partial charge on any atom is 0.239 e. The summed E-state index contributed by atoms with van der Waals surface area (Å²) in [5, 5.41) is 3.27. The molecule has 1 aliphatic rings. The van der Waals surface area contributed by atoms with Gasteiger partial charge in [-0.05, 0) is 30.4 Å². The van der Waals surface area contributed by atoms with E-state index in [0.717, 1.165) is 24.8 Å². The normalized spacial score (nSPS) is 17.1. The number of amides is 1. The van der Waals surface area contributed by atoms with Crippen LogP contribution in [0.25, 0.3) is 0 Å². The van der Waals surface area contributed by atoms with Crippen LogP contribution in [-0.2, 0) is 11.2 Å². The van der Waals surface area contributed by atoms with Crippen molar-refractivity contribution in [1.29, 1.82) is 0 Å². The summed E-state index contributed by atoms with van der Waals surface area (Å²) >= 11 is 0. The molecular formula is C13H18N2O. The first-order valence-corrected chi connectivity index (χ1v) is 5.85. The van der Waals surface area contributed by atoms with E-state index in [1.807, 2.05) is 12.1 Å². The van der Waals surface area contributed by atoms with Crippen molar-refractivity contribution < 1.29 is 4.79 Å². The van der Waals surface area contributed by atoms with Crippen LogP contribution < -0.4 is 11.1 Å². The number of nitrogens with two attached hydrogens (primary N) is 1.